The van der Waals surface area contributed by atoms with Crippen molar-refractivity contribution in [1.82, 2.24) is 10.4 Å². The van der Waals surface area contributed by atoms with E-state index in [9.17, 15) is 0 Å². The summed E-state index contributed by atoms with van der Waals surface area (Å²) in [4.78, 5) is 4.22. The van der Waals surface area contributed by atoms with Crippen LogP contribution in [0.15, 0.2) is 28.3 Å². The molecule has 0 amide bonds. The summed E-state index contributed by atoms with van der Waals surface area (Å²) in [5.41, 5.74) is 3.86. The Morgan fingerprint density at radius 2 is 2.53 bits per heavy atom. The predicted molar refractivity (Wildman–Crippen MR) is 59.3 cm³/mol. The molecule has 0 bridgehead atoms. The van der Waals surface area contributed by atoms with Gasteiger partial charge in [0.15, 0.2) is 0 Å². The molecule has 80 valence electrons. The monoisotopic (exact) mass is 223 g/mol. The molecule has 0 spiro atoms. The van der Waals surface area contributed by atoms with E-state index in [0.29, 0.717) is 0 Å². The first-order chi connectivity index (χ1) is 7.31. The van der Waals surface area contributed by atoms with Gasteiger partial charge >= 0.3 is 0 Å². The Morgan fingerprint density at radius 3 is 3.07 bits per heavy atom. The van der Waals surface area contributed by atoms with Crippen LogP contribution < -0.4 is 11.3 Å². The molecule has 0 aromatic carbocycles. The minimum atomic E-state index is -0.00819. The molecule has 5 heteroatoms. The standard InChI is InChI=1S/C10H13N3OS/c1-7-2-4-14-10(7)8(13-11)6-9-12-3-5-15-9/h2-5,8,13H,6,11H2,1H3. The summed E-state index contributed by atoms with van der Waals surface area (Å²) < 4.78 is 5.40. The summed E-state index contributed by atoms with van der Waals surface area (Å²) in [5, 5.41) is 3.01. The van der Waals surface area contributed by atoms with Crippen LogP contribution in [0.4, 0.5) is 0 Å². The summed E-state index contributed by atoms with van der Waals surface area (Å²) in [6.07, 6.45) is 4.22. The van der Waals surface area contributed by atoms with Crippen molar-refractivity contribution in [2.24, 2.45) is 5.84 Å². The van der Waals surface area contributed by atoms with Crippen molar-refractivity contribution >= 4 is 11.3 Å². The van der Waals surface area contributed by atoms with Crippen LogP contribution in [0.3, 0.4) is 0 Å². The van der Waals surface area contributed by atoms with E-state index in [0.717, 1.165) is 22.8 Å². The lowest BCUT2D eigenvalue weighted by atomic mass is 10.1. The van der Waals surface area contributed by atoms with Crippen LogP contribution in [0.5, 0.6) is 0 Å². The van der Waals surface area contributed by atoms with Crippen molar-refractivity contribution in [3.05, 3.63) is 40.2 Å². The number of hydrazine groups is 1. The highest BCUT2D eigenvalue weighted by Crippen LogP contribution is 2.22. The van der Waals surface area contributed by atoms with Crippen LogP contribution in [0.1, 0.15) is 22.4 Å². The first kappa shape index (κ1) is 10.4. The molecule has 0 saturated carbocycles. The number of hydrogen-bond acceptors (Lipinski definition) is 5. The summed E-state index contributed by atoms with van der Waals surface area (Å²) in [7, 11) is 0. The predicted octanol–water partition coefficient (Wildman–Crippen LogP) is 1.79. The van der Waals surface area contributed by atoms with Crippen LogP contribution in [0, 0.1) is 6.92 Å². The third-order valence-electron chi connectivity index (χ3n) is 2.28. The Bertz CT molecular complexity index is 410. The summed E-state index contributed by atoms with van der Waals surface area (Å²) in [6, 6.07) is 1.92. The SMILES string of the molecule is Cc1ccoc1C(Cc1nccs1)NN. The fourth-order valence-electron chi connectivity index (χ4n) is 1.50. The van der Waals surface area contributed by atoms with Crippen LogP contribution >= 0.6 is 11.3 Å². The number of nitrogens with zero attached hydrogens (tertiary/aromatic N) is 1. The third kappa shape index (κ3) is 2.26. The molecule has 0 fully saturated rings. The van der Waals surface area contributed by atoms with Gasteiger partial charge < -0.3 is 4.42 Å². The van der Waals surface area contributed by atoms with E-state index in [-0.39, 0.29) is 6.04 Å². The Hall–Kier alpha value is -1.17. The lowest BCUT2D eigenvalue weighted by molar-refractivity contribution is 0.413. The molecule has 0 radical (unpaired) electrons. The number of nitrogens with two attached hydrogens (primary N) is 1. The minimum absolute atomic E-state index is 0.00819. The van der Waals surface area contributed by atoms with E-state index in [1.54, 1.807) is 23.8 Å². The lowest BCUT2D eigenvalue weighted by Crippen LogP contribution is -2.29. The number of thiazole rings is 1. The van der Waals surface area contributed by atoms with E-state index in [4.69, 9.17) is 10.3 Å². The molecule has 1 atom stereocenters. The van der Waals surface area contributed by atoms with Crippen molar-refractivity contribution in [2.45, 2.75) is 19.4 Å². The topological polar surface area (TPSA) is 64.1 Å². The molecule has 3 N–H and O–H groups in total. The van der Waals surface area contributed by atoms with Crippen molar-refractivity contribution < 1.29 is 4.42 Å². The molecule has 2 heterocycles. The molecule has 4 nitrogen and oxygen atoms in total. The van der Waals surface area contributed by atoms with Gasteiger partial charge in [-0.1, -0.05) is 0 Å². The van der Waals surface area contributed by atoms with Crippen LogP contribution in [0.25, 0.3) is 0 Å². The van der Waals surface area contributed by atoms with Gasteiger partial charge in [-0.3, -0.25) is 5.84 Å². The minimum Gasteiger partial charge on any atom is -0.467 e. The number of furan rings is 1. The second kappa shape index (κ2) is 4.57. The summed E-state index contributed by atoms with van der Waals surface area (Å²) in [6.45, 7) is 2.00. The van der Waals surface area contributed by atoms with Gasteiger partial charge in [0.05, 0.1) is 17.3 Å². The first-order valence-corrected chi connectivity index (χ1v) is 5.57. The van der Waals surface area contributed by atoms with Gasteiger partial charge in [0, 0.05) is 18.0 Å². The number of nitrogens with one attached hydrogen (secondary N) is 1. The maximum Gasteiger partial charge on any atom is 0.125 e. The molecule has 2 aromatic rings. The van der Waals surface area contributed by atoms with Gasteiger partial charge in [0.2, 0.25) is 0 Å². The Morgan fingerprint density at radius 1 is 1.67 bits per heavy atom. The van der Waals surface area contributed by atoms with Gasteiger partial charge in [-0.25, -0.2) is 10.4 Å². The Kier molecular flexibility index (Phi) is 3.15. The maximum absolute atomic E-state index is 5.52. The van der Waals surface area contributed by atoms with E-state index >= 15 is 0 Å². The smallest absolute Gasteiger partial charge is 0.125 e. The van der Waals surface area contributed by atoms with Crippen LogP contribution in [0.2, 0.25) is 0 Å². The molecule has 1 unspecified atom stereocenters. The molecule has 0 saturated heterocycles. The van der Waals surface area contributed by atoms with Crippen molar-refractivity contribution in [3.8, 4) is 0 Å². The highest BCUT2D eigenvalue weighted by Gasteiger charge is 2.17. The van der Waals surface area contributed by atoms with Gasteiger partial charge in [0.1, 0.15) is 5.76 Å². The average Bonchev–Trinajstić information content (AvgIpc) is 2.85. The zero-order valence-corrected chi connectivity index (χ0v) is 9.25. The van der Waals surface area contributed by atoms with Gasteiger partial charge in [-0.05, 0) is 18.6 Å². The molecular weight excluding hydrogens is 210 g/mol. The molecule has 2 rings (SSSR count). The number of aryl methyl sites for hydroxylation is 1. The molecule has 0 aliphatic carbocycles. The van der Waals surface area contributed by atoms with E-state index in [2.05, 4.69) is 10.4 Å². The largest absolute Gasteiger partial charge is 0.467 e. The fraction of sp³-hybridized carbons (Fsp3) is 0.300. The second-order valence-corrected chi connectivity index (χ2v) is 4.30. The van der Waals surface area contributed by atoms with Gasteiger partial charge in [-0.15, -0.1) is 11.3 Å². The third-order valence-corrected chi connectivity index (χ3v) is 3.08. The molecular formula is C10H13N3OS. The van der Waals surface area contributed by atoms with E-state index < -0.39 is 0 Å². The van der Waals surface area contributed by atoms with Crippen molar-refractivity contribution in [2.75, 3.05) is 0 Å². The lowest BCUT2D eigenvalue weighted by Gasteiger charge is -2.12. The summed E-state index contributed by atoms with van der Waals surface area (Å²) >= 11 is 1.62. The second-order valence-electron chi connectivity index (χ2n) is 3.32. The molecule has 0 aliphatic rings. The number of hydrogen-bond donors (Lipinski definition) is 2. The average molecular weight is 223 g/mol. The number of rotatable bonds is 4. The first-order valence-electron chi connectivity index (χ1n) is 4.69. The van der Waals surface area contributed by atoms with Crippen LogP contribution in [-0.4, -0.2) is 4.98 Å². The quantitative estimate of drug-likeness (QED) is 0.612. The molecule has 15 heavy (non-hydrogen) atoms. The number of aromatic nitrogens is 1. The molecule has 0 aliphatic heterocycles. The fourth-order valence-corrected chi connectivity index (χ4v) is 2.16. The molecule has 2 aromatic heterocycles. The zero-order chi connectivity index (χ0) is 10.7. The van der Waals surface area contributed by atoms with Gasteiger partial charge in [-0.2, -0.15) is 0 Å². The van der Waals surface area contributed by atoms with E-state index in [1.165, 1.54) is 0 Å². The normalized spacial score (nSPS) is 12.9. The van der Waals surface area contributed by atoms with Crippen molar-refractivity contribution in [3.63, 3.8) is 0 Å². The maximum atomic E-state index is 5.52. The summed E-state index contributed by atoms with van der Waals surface area (Å²) in [5.74, 6) is 6.40. The Labute approximate surface area is 92.1 Å². The van der Waals surface area contributed by atoms with Gasteiger partial charge in [0.25, 0.3) is 0 Å². The van der Waals surface area contributed by atoms with Crippen LogP contribution in [-0.2, 0) is 6.42 Å². The van der Waals surface area contributed by atoms with Crippen molar-refractivity contribution in [1.29, 1.82) is 0 Å². The zero-order valence-electron chi connectivity index (χ0n) is 8.43. The van der Waals surface area contributed by atoms with E-state index in [1.807, 2.05) is 18.4 Å². The Balaban J connectivity index is 2.15. The highest BCUT2D eigenvalue weighted by molar-refractivity contribution is 7.09. The highest BCUT2D eigenvalue weighted by atomic mass is 32.1.